The molecule has 1 fully saturated rings. The lowest BCUT2D eigenvalue weighted by Crippen LogP contribution is -2.25. The van der Waals surface area contributed by atoms with Crippen LogP contribution in [0.25, 0.3) is 0 Å². The lowest BCUT2D eigenvalue weighted by molar-refractivity contribution is 0.0191. The minimum absolute atomic E-state index is 0.422. The largest absolute Gasteiger partial charge is 0.377 e. The second-order valence-electron chi connectivity index (χ2n) is 4.30. The van der Waals surface area contributed by atoms with Crippen LogP contribution in [0.1, 0.15) is 29.9 Å². The molecule has 0 aromatic heterocycles. The van der Waals surface area contributed by atoms with Crippen LogP contribution in [0.15, 0.2) is 24.3 Å². The zero-order valence-electron chi connectivity index (χ0n) is 9.08. The molecule has 0 radical (unpaired) electrons. The zero-order valence-corrected chi connectivity index (χ0v) is 10.7. The molecule has 2 atom stereocenters. The molecule has 1 heterocycles. The van der Waals surface area contributed by atoms with E-state index in [1.54, 1.807) is 0 Å². The van der Waals surface area contributed by atoms with Crippen LogP contribution in [0, 0.1) is 6.92 Å². The van der Waals surface area contributed by atoms with Gasteiger partial charge in [0.1, 0.15) is 0 Å². The summed E-state index contributed by atoms with van der Waals surface area (Å²) in [7, 11) is 0. The van der Waals surface area contributed by atoms with Gasteiger partial charge in [0.15, 0.2) is 0 Å². The van der Waals surface area contributed by atoms with Crippen molar-refractivity contribution in [3.8, 4) is 0 Å². The first-order valence-corrected chi connectivity index (χ1v) is 6.66. The summed E-state index contributed by atoms with van der Waals surface area (Å²) in [5.74, 6) is 0.597. The molecule has 0 unspecified atom stereocenters. The Labute approximate surface area is 100.0 Å². The van der Waals surface area contributed by atoms with Crippen LogP contribution in [0.4, 0.5) is 0 Å². The average molecular weight is 269 g/mol. The zero-order chi connectivity index (χ0) is 10.7. The second kappa shape index (κ2) is 5.13. The van der Waals surface area contributed by atoms with Gasteiger partial charge in [0.25, 0.3) is 0 Å². The molecule has 0 saturated carbocycles. The van der Waals surface area contributed by atoms with Crippen LogP contribution in [-0.4, -0.2) is 18.0 Å². The fourth-order valence-corrected chi connectivity index (χ4v) is 2.63. The van der Waals surface area contributed by atoms with Crippen molar-refractivity contribution in [3.05, 3.63) is 35.4 Å². The van der Waals surface area contributed by atoms with Crippen molar-refractivity contribution in [1.29, 1.82) is 0 Å². The smallest absolute Gasteiger partial charge is 0.0672 e. The fraction of sp³-hybridized carbons (Fsp3) is 0.538. The van der Waals surface area contributed by atoms with Gasteiger partial charge in [-0.1, -0.05) is 45.8 Å². The van der Waals surface area contributed by atoms with Crippen molar-refractivity contribution in [2.75, 3.05) is 11.9 Å². The number of halogens is 1. The maximum atomic E-state index is 5.79. The summed E-state index contributed by atoms with van der Waals surface area (Å²) in [5.41, 5.74) is 2.78. The summed E-state index contributed by atoms with van der Waals surface area (Å²) in [6.07, 6.45) is 2.84. The lowest BCUT2D eigenvalue weighted by Gasteiger charge is -2.28. The topological polar surface area (TPSA) is 9.23 Å². The third-order valence-electron chi connectivity index (χ3n) is 3.06. The Morgan fingerprint density at radius 3 is 2.87 bits per heavy atom. The summed E-state index contributed by atoms with van der Waals surface area (Å²) < 4.78 is 5.79. The maximum Gasteiger partial charge on any atom is 0.0672 e. The van der Waals surface area contributed by atoms with E-state index in [1.165, 1.54) is 24.0 Å². The number of alkyl halides is 1. The molecule has 0 aliphatic carbocycles. The van der Waals surface area contributed by atoms with Crippen LogP contribution in [0.5, 0.6) is 0 Å². The second-order valence-corrected chi connectivity index (χ2v) is 4.95. The third kappa shape index (κ3) is 2.82. The van der Waals surface area contributed by atoms with Crippen molar-refractivity contribution in [3.63, 3.8) is 0 Å². The molecule has 1 aliphatic heterocycles. The number of benzene rings is 1. The molecule has 1 saturated heterocycles. The Morgan fingerprint density at radius 2 is 2.27 bits per heavy atom. The molecule has 0 bridgehead atoms. The Hall–Kier alpha value is -0.340. The summed E-state index contributed by atoms with van der Waals surface area (Å²) >= 11 is 3.47. The monoisotopic (exact) mass is 268 g/mol. The summed E-state index contributed by atoms with van der Waals surface area (Å²) in [4.78, 5) is 0. The van der Waals surface area contributed by atoms with E-state index in [2.05, 4.69) is 47.1 Å². The van der Waals surface area contributed by atoms with Gasteiger partial charge in [-0.05, 0) is 25.3 Å². The number of rotatable bonds is 2. The number of ether oxygens (including phenoxy) is 1. The highest BCUT2D eigenvalue weighted by Gasteiger charge is 2.21. The maximum absolute atomic E-state index is 5.79. The van der Waals surface area contributed by atoms with E-state index in [-0.39, 0.29) is 0 Å². The first-order valence-electron chi connectivity index (χ1n) is 5.53. The molecule has 1 nitrogen and oxygen atoms in total. The molecule has 82 valence electrons. The Kier molecular flexibility index (Phi) is 3.81. The highest BCUT2D eigenvalue weighted by molar-refractivity contribution is 9.09. The fourth-order valence-electron chi connectivity index (χ4n) is 2.11. The highest BCUT2D eigenvalue weighted by Crippen LogP contribution is 2.29. The van der Waals surface area contributed by atoms with Gasteiger partial charge >= 0.3 is 0 Å². The Balaban J connectivity index is 2.01. The van der Waals surface area contributed by atoms with Gasteiger partial charge in [0.2, 0.25) is 0 Å². The lowest BCUT2D eigenvalue weighted by atomic mass is 9.91. The third-order valence-corrected chi connectivity index (χ3v) is 3.78. The summed E-state index contributed by atoms with van der Waals surface area (Å²) in [6, 6.07) is 8.79. The molecule has 1 aromatic rings. The van der Waals surface area contributed by atoms with Gasteiger partial charge in [-0.15, -0.1) is 0 Å². The first kappa shape index (κ1) is 11.2. The number of aryl methyl sites for hydroxylation is 1. The van der Waals surface area contributed by atoms with E-state index >= 15 is 0 Å². The van der Waals surface area contributed by atoms with Crippen molar-refractivity contribution < 1.29 is 4.74 Å². The quantitative estimate of drug-likeness (QED) is 0.744. The van der Waals surface area contributed by atoms with Crippen molar-refractivity contribution in [1.82, 2.24) is 0 Å². The predicted octanol–water partition coefficient (Wildman–Crippen LogP) is 3.65. The molecule has 1 aromatic carbocycles. The van der Waals surface area contributed by atoms with Gasteiger partial charge in [-0.3, -0.25) is 0 Å². The molecule has 2 rings (SSSR count). The molecule has 0 spiro atoms. The van der Waals surface area contributed by atoms with E-state index in [9.17, 15) is 0 Å². The SMILES string of the molecule is Cc1cccc([C@H]2CC[C@@H](CBr)OC2)c1. The van der Waals surface area contributed by atoms with Crippen LogP contribution in [0.2, 0.25) is 0 Å². The van der Waals surface area contributed by atoms with E-state index in [4.69, 9.17) is 4.74 Å². The van der Waals surface area contributed by atoms with Crippen LogP contribution in [0.3, 0.4) is 0 Å². The van der Waals surface area contributed by atoms with Crippen molar-refractivity contribution in [2.45, 2.75) is 31.8 Å². The van der Waals surface area contributed by atoms with E-state index in [1.807, 2.05) is 0 Å². The molecule has 2 heteroatoms. The molecular weight excluding hydrogens is 252 g/mol. The Bertz CT molecular complexity index is 316. The van der Waals surface area contributed by atoms with Crippen LogP contribution < -0.4 is 0 Å². The normalized spacial score (nSPS) is 26.5. The van der Waals surface area contributed by atoms with Gasteiger partial charge in [-0.25, -0.2) is 0 Å². The Morgan fingerprint density at radius 1 is 1.40 bits per heavy atom. The van der Waals surface area contributed by atoms with Gasteiger partial charge in [0, 0.05) is 11.2 Å². The predicted molar refractivity (Wildman–Crippen MR) is 66.7 cm³/mol. The molecular formula is C13H17BrO. The van der Waals surface area contributed by atoms with Gasteiger partial charge < -0.3 is 4.74 Å². The number of hydrogen-bond acceptors (Lipinski definition) is 1. The standard InChI is InChI=1S/C13H17BrO/c1-10-3-2-4-11(7-10)12-5-6-13(8-14)15-9-12/h2-4,7,12-13H,5-6,8-9H2,1H3/t12-,13-/m0/s1. The van der Waals surface area contributed by atoms with Gasteiger partial charge in [0.05, 0.1) is 12.7 Å². The summed E-state index contributed by atoms with van der Waals surface area (Å²) in [6.45, 7) is 3.02. The van der Waals surface area contributed by atoms with E-state index in [0.717, 1.165) is 11.9 Å². The molecule has 0 amide bonds. The molecule has 1 aliphatic rings. The van der Waals surface area contributed by atoms with Crippen molar-refractivity contribution >= 4 is 15.9 Å². The molecule has 0 N–H and O–H groups in total. The highest BCUT2D eigenvalue weighted by atomic mass is 79.9. The van der Waals surface area contributed by atoms with E-state index in [0.29, 0.717) is 12.0 Å². The minimum atomic E-state index is 0.422. The average Bonchev–Trinajstić information content (AvgIpc) is 2.29. The first-order chi connectivity index (χ1) is 7.29. The molecule has 15 heavy (non-hydrogen) atoms. The summed E-state index contributed by atoms with van der Waals surface area (Å²) in [5, 5.41) is 0.966. The minimum Gasteiger partial charge on any atom is -0.377 e. The van der Waals surface area contributed by atoms with Crippen LogP contribution >= 0.6 is 15.9 Å². The van der Waals surface area contributed by atoms with Crippen LogP contribution in [-0.2, 0) is 4.74 Å². The number of hydrogen-bond donors (Lipinski definition) is 0. The van der Waals surface area contributed by atoms with Gasteiger partial charge in [-0.2, -0.15) is 0 Å². The van der Waals surface area contributed by atoms with E-state index < -0.39 is 0 Å². The van der Waals surface area contributed by atoms with Crippen molar-refractivity contribution in [2.24, 2.45) is 0 Å².